The van der Waals surface area contributed by atoms with E-state index in [9.17, 15) is 4.79 Å². The fourth-order valence-corrected chi connectivity index (χ4v) is 1.78. The van der Waals surface area contributed by atoms with Crippen molar-refractivity contribution in [3.63, 3.8) is 0 Å². The van der Waals surface area contributed by atoms with Crippen LogP contribution in [0.15, 0.2) is 11.8 Å². The molecule has 0 saturated carbocycles. The molecule has 0 radical (unpaired) electrons. The van der Waals surface area contributed by atoms with Crippen LogP contribution in [-0.2, 0) is 4.79 Å². The highest BCUT2D eigenvalue weighted by atomic mass is 16.1. The number of ketones is 1. The molecule has 2 nitrogen and oxygen atoms in total. The van der Waals surface area contributed by atoms with E-state index in [2.05, 4.69) is 25.7 Å². The molecule has 0 unspecified atom stereocenters. The van der Waals surface area contributed by atoms with E-state index in [1.54, 1.807) is 0 Å². The van der Waals surface area contributed by atoms with Crippen LogP contribution in [0.3, 0.4) is 0 Å². The lowest BCUT2D eigenvalue weighted by molar-refractivity contribution is -0.114. The molecule has 0 N–H and O–H groups in total. The van der Waals surface area contributed by atoms with Crippen molar-refractivity contribution < 1.29 is 4.79 Å². The number of carbonyl (C=O) groups excluding carboxylic acids is 1. The summed E-state index contributed by atoms with van der Waals surface area (Å²) in [5.41, 5.74) is 1.24. The molecule has 2 heteroatoms. The number of carbonyl (C=O) groups is 1. The quantitative estimate of drug-likeness (QED) is 0.663. The van der Waals surface area contributed by atoms with E-state index in [1.165, 1.54) is 5.70 Å². The molecule has 74 valence electrons. The van der Waals surface area contributed by atoms with Gasteiger partial charge in [-0.05, 0) is 26.7 Å². The Morgan fingerprint density at radius 3 is 2.54 bits per heavy atom. The highest BCUT2D eigenvalue weighted by Gasteiger charge is 2.18. The van der Waals surface area contributed by atoms with Gasteiger partial charge in [0.1, 0.15) is 0 Å². The van der Waals surface area contributed by atoms with Crippen LogP contribution in [0.25, 0.3) is 0 Å². The summed E-state index contributed by atoms with van der Waals surface area (Å²) in [6.45, 7) is 7.60. The standard InChI is InChI=1S/C11H19NO/c1-4-7-12(9(2)3)10-5-6-11(13)8-10/h8-9H,4-7H2,1-3H3. The van der Waals surface area contributed by atoms with Gasteiger partial charge in [-0.2, -0.15) is 0 Å². The van der Waals surface area contributed by atoms with E-state index in [0.717, 1.165) is 19.4 Å². The fourth-order valence-electron chi connectivity index (χ4n) is 1.78. The zero-order valence-corrected chi connectivity index (χ0v) is 8.84. The molecule has 1 rings (SSSR count). The van der Waals surface area contributed by atoms with Crippen molar-refractivity contribution in [2.24, 2.45) is 0 Å². The molecule has 0 heterocycles. The second-order valence-electron chi connectivity index (χ2n) is 3.89. The van der Waals surface area contributed by atoms with Gasteiger partial charge in [-0.3, -0.25) is 4.79 Å². The second kappa shape index (κ2) is 4.45. The smallest absolute Gasteiger partial charge is 0.157 e. The average molecular weight is 181 g/mol. The van der Waals surface area contributed by atoms with Crippen molar-refractivity contribution in [2.45, 2.75) is 46.1 Å². The van der Waals surface area contributed by atoms with E-state index in [-0.39, 0.29) is 5.78 Å². The van der Waals surface area contributed by atoms with Crippen LogP contribution >= 0.6 is 0 Å². The zero-order valence-electron chi connectivity index (χ0n) is 8.84. The van der Waals surface area contributed by atoms with Gasteiger partial charge < -0.3 is 4.90 Å². The van der Waals surface area contributed by atoms with Gasteiger partial charge in [0.2, 0.25) is 0 Å². The first-order valence-electron chi connectivity index (χ1n) is 5.15. The summed E-state index contributed by atoms with van der Waals surface area (Å²) in [5, 5.41) is 0. The van der Waals surface area contributed by atoms with E-state index < -0.39 is 0 Å². The van der Waals surface area contributed by atoms with Gasteiger partial charge >= 0.3 is 0 Å². The second-order valence-corrected chi connectivity index (χ2v) is 3.89. The molecule has 0 saturated heterocycles. The van der Waals surface area contributed by atoms with Gasteiger partial charge in [0.25, 0.3) is 0 Å². The molecule has 0 fully saturated rings. The van der Waals surface area contributed by atoms with E-state index in [1.807, 2.05) is 6.08 Å². The van der Waals surface area contributed by atoms with Crippen molar-refractivity contribution in [1.29, 1.82) is 0 Å². The largest absolute Gasteiger partial charge is 0.372 e. The molecule has 1 aliphatic carbocycles. The Morgan fingerprint density at radius 1 is 1.46 bits per heavy atom. The number of rotatable bonds is 4. The Balaban J connectivity index is 2.64. The van der Waals surface area contributed by atoms with Crippen molar-refractivity contribution in [3.8, 4) is 0 Å². The molecule has 0 aromatic carbocycles. The van der Waals surface area contributed by atoms with Crippen molar-refractivity contribution in [3.05, 3.63) is 11.8 Å². The van der Waals surface area contributed by atoms with Crippen LogP contribution in [-0.4, -0.2) is 23.3 Å². The highest BCUT2D eigenvalue weighted by Crippen LogP contribution is 2.21. The van der Waals surface area contributed by atoms with E-state index in [0.29, 0.717) is 12.5 Å². The molecule has 0 atom stereocenters. The van der Waals surface area contributed by atoms with Gasteiger partial charge in [0.15, 0.2) is 5.78 Å². The monoisotopic (exact) mass is 181 g/mol. The summed E-state index contributed by atoms with van der Waals surface area (Å²) in [6.07, 6.45) is 4.61. The first-order chi connectivity index (χ1) is 6.15. The van der Waals surface area contributed by atoms with Crippen LogP contribution in [0.5, 0.6) is 0 Å². The molecule has 0 aliphatic heterocycles. The van der Waals surface area contributed by atoms with Crippen molar-refractivity contribution >= 4 is 5.78 Å². The third-order valence-electron chi connectivity index (χ3n) is 2.41. The fraction of sp³-hybridized carbons (Fsp3) is 0.727. The van der Waals surface area contributed by atoms with E-state index in [4.69, 9.17) is 0 Å². The Morgan fingerprint density at radius 2 is 2.15 bits per heavy atom. The number of hydrogen-bond donors (Lipinski definition) is 0. The molecule has 13 heavy (non-hydrogen) atoms. The molecular weight excluding hydrogens is 162 g/mol. The van der Waals surface area contributed by atoms with E-state index >= 15 is 0 Å². The van der Waals surface area contributed by atoms with Crippen molar-refractivity contribution in [2.75, 3.05) is 6.54 Å². The zero-order chi connectivity index (χ0) is 9.84. The highest BCUT2D eigenvalue weighted by molar-refractivity contribution is 5.92. The molecule has 0 spiro atoms. The molecule has 0 aromatic heterocycles. The summed E-state index contributed by atoms with van der Waals surface area (Å²) in [6, 6.07) is 0.511. The Bertz CT molecular complexity index is 218. The van der Waals surface area contributed by atoms with Crippen LogP contribution < -0.4 is 0 Å². The Hall–Kier alpha value is -0.790. The molecular formula is C11H19NO. The lowest BCUT2D eigenvalue weighted by Gasteiger charge is -2.29. The summed E-state index contributed by atoms with van der Waals surface area (Å²) < 4.78 is 0. The van der Waals surface area contributed by atoms with Crippen molar-refractivity contribution in [1.82, 2.24) is 4.90 Å². The summed E-state index contributed by atoms with van der Waals surface area (Å²) in [5.74, 6) is 0.289. The van der Waals surface area contributed by atoms with Crippen LogP contribution in [0, 0.1) is 0 Å². The van der Waals surface area contributed by atoms with Gasteiger partial charge in [-0.1, -0.05) is 6.92 Å². The normalized spacial score (nSPS) is 16.6. The lowest BCUT2D eigenvalue weighted by atomic mass is 10.2. The number of nitrogens with zero attached hydrogens (tertiary/aromatic N) is 1. The molecule has 0 amide bonds. The first kappa shape index (κ1) is 10.3. The molecule has 0 aromatic rings. The predicted octanol–water partition coefficient (Wildman–Crippen LogP) is 2.35. The third-order valence-corrected chi connectivity index (χ3v) is 2.41. The van der Waals surface area contributed by atoms with Gasteiger partial charge in [0.05, 0.1) is 0 Å². The third kappa shape index (κ3) is 2.58. The summed E-state index contributed by atoms with van der Waals surface area (Å²) in [4.78, 5) is 13.4. The number of allylic oxidation sites excluding steroid dienone is 2. The Labute approximate surface area is 80.6 Å². The SMILES string of the molecule is CCCN(C1=CC(=O)CC1)C(C)C. The topological polar surface area (TPSA) is 20.3 Å². The minimum Gasteiger partial charge on any atom is -0.372 e. The summed E-state index contributed by atoms with van der Waals surface area (Å²) >= 11 is 0. The van der Waals surface area contributed by atoms with Crippen LogP contribution in [0.4, 0.5) is 0 Å². The maximum absolute atomic E-state index is 11.1. The minimum absolute atomic E-state index is 0.289. The van der Waals surface area contributed by atoms with Gasteiger partial charge in [-0.15, -0.1) is 0 Å². The summed E-state index contributed by atoms with van der Waals surface area (Å²) in [7, 11) is 0. The van der Waals surface area contributed by atoms with Crippen LogP contribution in [0.1, 0.15) is 40.0 Å². The maximum atomic E-state index is 11.1. The average Bonchev–Trinajstić information content (AvgIpc) is 2.46. The first-order valence-corrected chi connectivity index (χ1v) is 5.15. The molecule has 0 bridgehead atoms. The number of hydrogen-bond acceptors (Lipinski definition) is 2. The van der Waals surface area contributed by atoms with Crippen LogP contribution in [0.2, 0.25) is 0 Å². The predicted molar refractivity (Wildman–Crippen MR) is 54.5 cm³/mol. The van der Waals surface area contributed by atoms with Gasteiger partial charge in [0, 0.05) is 30.8 Å². The Kier molecular flexibility index (Phi) is 3.52. The minimum atomic E-state index is 0.289. The maximum Gasteiger partial charge on any atom is 0.157 e. The lowest BCUT2D eigenvalue weighted by Crippen LogP contribution is -2.30. The van der Waals surface area contributed by atoms with Gasteiger partial charge in [-0.25, -0.2) is 0 Å². The molecule has 1 aliphatic rings.